The Balaban J connectivity index is 2.08. The average Bonchev–Trinajstić information content (AvgIpc) is 2.45. The molecule has 0 aliphatic rings. The molecule has 6 heteroatoms. The van der Waals surface area contributed by atoms with Crippen LogP contribution in [0.5, 0.6) is 0 Å². The van der Waals surface area contributed by atoms with E-state index in [0.29, 0.717) is 11.6 Å². The van der Waals surface area contributed by atoms with Crippen LogP contribution in [0.15, 0.2) is 42.5 Å². The molecule has 0 radical (unpaired) electrons. The topological polar surface area (TPSA) is 49.3 Å². The Morgan fingerprint density at radius 3 is 2.45 bits per heavy atom. The summed E-state index contributed by atoms with van der Waals surface area (Å²) in [6, 6.07) is 9.81. The van der Waals surface area contributed by atoms with E-state index < -0.39 is 17.2 Å². The minimum absolute atomic E-state index is 0.0724. The summed E-state index contributed by atoms with van der Waals surface area (Å²) in [4.78, 5) is 12.0. The van der Waals surface area contributed by atoms with Crippen LogP contribution in [0.25, 0.3) is 0 Å². The third-order valence-electron chi connectivity index (χ3n) is 3.21. The van der Waals surface area contributed by atoms with Crippen molar-refractivity contribution in [2.75, 3.05) is 6.54 Å². The summed E-state index contributed by atoms with van der Waals surface area (Å²) in [5.41, 5.74) is -1.27. The van der Waals surface area contributed by atoms with Gasteiger partial charge in [0.1, 0.15) is 17.2 Å². The van der Waals surface area contributed by atoms with Gasteiger partial charge in [-0.1, -0.05) is 6.07 Å². The molecule has 0 fully saturated rings. The van der Waals surface area contributed by atoms with Crippen molar-refractivity contribution >= 4 is 28.5 Å². The molecule has 116 valence electrons. The van der Waals surface area contributed by atoms with Crippen molar-refractivity contribution < 1.29 is 18.7 Å². The summed E-state index contributed by atoms with van der Waals surface area (Å²) in [7, 11) is 0. The van der Waals surface area contributed by atoms with Crippen LogP contribution in [0.1, 0.15) is 22.8 Å². The van der Waals surface area contributed by atoms with Crippen molar-refractivity contribution in [3.63, 3.8) is 0 Å². The van der Waals surface area contributed by atoms with Gasteiger partial charge in [-0.3, -0.25) is 4.79 Å². The molecule has 2 aromatic carbocycles. The van der Waals surface area contributed by atoms with Crippen molar-refractivity contribution in [3.8, 4) is 0 Å². The lowest BCUT2D eigenvalue weighted by Gasteiger charge is -2.24. The van der Waals surface area contributed by atoms with Crippen molar-refractivity contribution in [1.29, 1.82) is 0 Å². The molecule has 2 N–H and O–H groups in total. The number of aliphatic hydroxyl groups is 1. The first-order valence-corrected chi connectivity index (χ1v) is 7.59. The Labute approximate surface area is 140 Å². The van der Waals surface area contributed by atoms with Crippen LogP contribution in [-0.2, 0) is 5.60 Å². The third-order valence-corrected chi connectivity index (χ3v) is 3.93. The summed E-state index contributed by atoms with van der Waals surface area (Å²) in [5.74, 6) is -1.95. The lowest BCUT2D eigenvalue weighted by Crippen LogP contribution is -2.39. The smallest absolute Gasteiger partial charge is 0.251 e. The predicted molar refractivity (Wildman–Crippen MR) is 87.4 cm³/mol. The maximum Gasteiger partial charge on any atom is 0.251 e. The molecule has 0 aliphatic heterocycles. The second-order valence-electron chi connectivity index (χ2n) is 5.09. The van der Waals surface area contributed by atoms with Crippen LogP contribution in [0, 0.1) is 15.2 Å². The zero-order chi connectivity index (χ0) is 16.3. The van der Waals surface area contributed by atoms with Crippen molar-refractivity contribution in [1.82, 2.24) is 5.32 Å². The second kappa shape index (κ2) is 6.70. The van der Waals surface area contributed by atoms with Crippen LogP contribution < -0.4 is 5.32 Å². The number of hydrogen-bond acceptors (Lipinski definition) is 2. The molecule has 0 heterocycles. The minimum Gasteiger partial charge on any atom is -0.383 e. The Kier molecular flexibility index (Phi) is 5.12. The van der Waals surface area contributed by atoms with Gasteiger partial charge in [0.15, 0.2) is 0 Å². The van der Waals surface area contributed by atoms with Crippen LogP contribution in [0.2, 0.25) is 0 Å². The predicted octanol–water partition coefficient (Wildman–Crippen LogP) is 3.21. The Morgan fingerprint density at radius 1 is 1.23 bits per heavy atom. The first-order valence-electron chi connectivity index (χ1n) is 6.51. The molecule has 2 rings (SSSR count). The Bertz CT molecular complexity index is 687. The van der Waals surface area contributed by atoms with Gasteiger partial charge in [0.2, 0.25) is 0 Å². The third kappa shape index (κ3) is 4.01. The van der Waals surface area contributed by atoms with Gasteiger partial charge < -0.3 is 10.4 Å². The summed E-state index contributed by atoms with van der Waals surface area (Å²) >= 11 is 2.12. The summed E-state index contributed by atoms with van der Waals surface area (Å²) in [6.45, 7) is 1.16. The van der Waals surface area contributed by atoms with E-state index in [-0.39, 0.29) is 18.0 Å². The molecule has 1 unspecified atom stereocenters. The number of rotatable bonds is 4. The normalized spacial score (nSPS) is 13.5. The molecule has 0 bridgehead atoms. The van der Waals surface area contributed by atoms with Crippen molar-refractivity contribution in [3.05, 3.63) is 68.8 Å². The van der Waals surface area contributed by atoms with Crippen LogP contribution in [-0.4, -0.2) is 17.6 Å². The first kappa shape index (κ1) is 16.8. The average molecular weight is 417 g/mol. The summed E-state index contributed by atoms with van der Waals surface area (Å²) in [5, 5.41) is 12.9. The number of halogens is 3. The Morgan fingerprint density at radius 2 is 1.86 bits per heavy atom. The molecule has 2 aromatic rings. The largest absolute Gasteiger partial charge is 0.383 e. The van der Waals surface area contributed by atoms with Gasteiger partial charge in [0.05, 0.1) is 6.54 Å². The fraction of sp³-hybridized carbons (Fsp3) is 0.188. The first-order chi connectivity index (χ1) is 10.3. The molecule has 3 nitrogen and oxygen atoms in total. The molecule has 0 aromatic heterocycles. The van der Waals surface area contributed by atoms with Crippen molar-refractivity contribution in [2.45, 2.75) is 12.5 Å². The SMILES string of the molecule is CC(O)(CNC(=O)c1ccc(I)cc1)c1ccc(F)cc1F. The number of benzene rings is 2. The fourth-order valence-corrected chi connectivity index (χ4v) is 2.34. The molecule has 0 saturated heterocycles. The summed E-state index contributed by atoms with van der Waals surface area (Å²) in [6.07, 6.45) is 0. The molecule has 22 heavy (non-hydrogen) atoms. The zero-order valence-corrected chi connectivity index (χ0v) is 13.9. The quantitative estimate of drug-likeness (QED) is 0.751. The van der Waals surface area contributed by atoms with Gasteiger partial charge in [0, 0.05) is 20.8 Å². The molecular formula is C16H14F2INO2. The molecule has 0 spiro atoms. The van der Waals surface area contributed by atoms with Gasteiger partial charge in [-0.25, -0.2) is 8.78 Å². The van der Waals surface area contributed by atoms with E-state index in [1.165, 1.54) is 13.0 Å². The van der Waals surface area contributed by atoms with E-state index in [0.717, 1.165) is 9.64 Å². The molecule has 0 saturated carbocycles. The highest BCUT2D eigenvalue weighted by Gasteiger charge is 2.27. The van der Waals surface area contributed by atoms with Crippen LogP contribution >= 0.6 is 22.6 Å². The van der Waals surface area contributed by atoms with Gasteiger partial charge in [-0.05, 0) is 59.8 Å². The molecular weight excluding hydrogens is 403 g/mol. The molecule has 1 amide bonds. The van der Waals surface area contributed by atoms with Gasteiger partial charge in [-0.2, -0.15) is 0 Å². The lowest BCUT2D eigenvalue weighted by atomic mass is 9.95. The maximum absolute atomic E-state index is 13.7. The fourth-order valence-electron chi connectivity index (χ4n) is 1.98. The van der Waals surface area contributed by atoms with Crippen LogP contribution in [0.3, 0.4) is 0 Å². The zero-order valence-electron chi connectivity index (χ0n) is 11.7. The number of hydrogen-bond donors (Lipinski definition) is 2. The maximum atomic E-state index is 13.7. The number of carbonyl (C=O) groups is 1. The number of nitrogens with one attached hydrogen (secondary N) is 1. The van der Waals surface area contributed by atoms with Gasteiger partial charge >= 0.3 is 0 Å². The van der Waals surface area contributed by atoms with Crippen LogP contribution in [0.4, 0.5) is 8.78 Å². The number of amides is 1. The van der Waals surface area contributed by atoms with E-state index in [9.17, 15) is 18.7 Å². The highest BCUT2D eigenvalue weighted by Crippen LogP contribution is 2.23. The second-order valence-corrected chi connectivity index (χ2v) is 6.33. The highest BCUT2D eigenvalue weighted by molar-refractivity contribution is 14.1. The van der Waals surface area contributed by atoms with Gasteiger partial charge in [0.25, 0.3) is 5.91 Å². The van der Waals surface area contributed by atoms with E-state index in [1.807, 2.05) is 0 Å². The minimum atomic E-state index is -1.64. The summed E-state index contributed by atoms with van der Waals surface area (Å²) < 4.78 is 27.6. The molecule has 1 atom stereocenters. The number of carbonyl (C=O) groups excluding carboxylic acids is 1. The van der Waals surface area contributed by atoms with E-state index in [2.05, 4.69) is 27.9 Å². The molecule has 0 aliphatic carbocycles. The highest BCUT2D eigenvalue weighted by atomic mass is 127. The van der Waals surface area contributed by atoms with Crippen molar-refractivity contribution in [2.24, 2.45) is 0 Å². The van der Waals surface area contributed by atoms with Gasteiger partial charge in [-0.15, -0.1) is 0 Å². The lowest BCUT2D eigenvalue weighted by molar-refractivity contribution is 0.0494. The van der Waals surface area contributed by atoms with E-state index in [4.69, 9.17) is 0 Å². The van der Waals surface area contributed by atoms with E-state index >= 15 is 0 Å². The van der Waals surface area contributed by atoms with E-state index in [1.54, 1.807) is 24.3 Å². The standard InChI is InChI=1S/C16H14F2INO2/c1-16(22,13-7-4-11(17)8-14(13)18)9-20-15(21)10-2-5-12(19)6-3-10/h2-8,22H,9H2,1H3,(H,20,21). The monoisotopic (exact) mass is 417 g/mol. The Hall–Kier alpha value is -1.54.